The molecule has 0 N–H and O–H groups in total. The van der Waals surface area contributed by atoms with Crippen molar-refractivity contribution in [2.24, 2.45) is 10.8 Å². The van der Waals surface area contributed by atoms with E-state index in [1.807, 2.05) is 49.4 Å². The number of carbonyl (C=O) groups excluding carboxylic acids is 3. The van der Waals surface area contributed by atoms with Gasteiger partial charge in [-0.1, -0.05) is 67.1 Å². The summed E-state index contributed by atoms with van der Waals surface area (Å²) < 4.78 is 11.2. The van der Waals surface area contributed by atoms with Gasteiger partial charge in [-0.3, -0.25) is 14.4 Å². The fourth-order valence-electron chi connectivity index (χ4n) is 5.67. The van der Waals surface area contributed by atoms with Crippen LogP contribution in [-0.2, 0) is 4.79 Å². The van der Waals surface area contributed by atoms with Gasteiger partial charge in [0.25, 0.3) is 0 Å². The van der Waals surface area contributed by atoms with Crippen molar-refractivity contribution in [1.82, 2.24) is 0 Å². The number of carbonyl (C=O) groups is 3. The Bertz CT molecular complexity index is 1460. The molecule has 2 aliphatic rings. The molecule has 5 heteroatoms. The highest BCUT2D eigenvalue weighted by Crippen LogP contribution is 2.79. The van der Waals surface area contributed by atoms with Crippen LogP contribution in [0.1, 0.15) is 44.9 Å². The lowest BCUT2D eigenvalue weighted by Crippen LogP contribution is -2.39. The Morgan fingerprint density at radius 1 is 0.879 bits per heavy atom. The second-order valence-electron chi connectivity index (χ2n) is 9.03. The predicted octanol–water partition coefficient (Wildman–Crippen LogP) is 5.52. The molecule has 1 aliphatic heterocycles. The SMILES string of the molecule is Cc1ccc(C(=O)[C@@]2(C)[C@H]3c4c(ccc5ccccc45)OC(=O)[C@@]32C(=O)c2ccco2)cc1. The van der Waals surface area contributed by atoms with Crippen molar-refractivity contribution in [2.45, 2.75) is 19.8 Å². The summed E-state index contributed by atoms with van der Waals surface area (Å²) >= 11 is 0. The normalized spacial score (nSPS) is 25.2. The second-order valence-corrected chi connectivity index (χ2v) is 9.03. The first-order valence-corrected chi connectivity index (χ1v) is 10.8. The third kappa shape index (κ3) is 2.34. The van der Waals surface area contributed by atoms with Gasteiger partial charge in [0.15, 0.2) is 17.0 Å². The van der Waals surface area contributed by atoms with E-state index in [9.17, 15) is 14.4 Å². The quantitative estimate of drug-likeness (QED) is 0.182. The van der Waals surface area contributed by atoms with Gasteiger partial charge in [0.2, 0.25) is 5.78 Å². The van der Waals surface area contributed by atoms with Crippen molar-refractivity contribution in [1.29, 1.82) is 0 Å². The molecule has 0 bridgehead atoms. The lowest BCUT2D eigenvalue weighted by molar-refractivity contribution is -0.140. The number of hydrogen-bond acceptors (Lipinski definition) is 5. The molecule has 33 heavy (non-hydrogen) atoms. The molecule has 0 radical (unpaired) electrons. The van der Waals surface area contributed by atoms with Crippen molar-refractivity contribution in [2.75, 3.05) is 0 Å². The summed E-state index contributed by atoms with van der Waals surface area (Å²) in [5.74, 6) is -1.72. The van der Waals surface area contributed by atoms with E-state index in [0.29, 0.717) is 11.3 Å². The zero-order valence-corrected chi connectivity index (χ0v) is 18.1. The first-order chi connectivity index (χ1) is 15.9. The number of esters is 1. The van der Waals surface area contributed by atoms with E-state index in [2.05, 4.69) is 0 Å². The average Bonchev–Trinajstić information content (AvgIpc) is 3.13. The number of fused-ring (bicyclic) bond motifs is 5. The highest BCUT2D eigenvalue weighted by Gasteiger charge is 2.88. The number of ketones is 2. The van der Waals surface area contributed by atoms with Gasteiger partial charge in [-0.15, -0.1) is 0 Å². The number of hydrogen-bond donors (Lipinski definition) is 0. The number of benzene rings is 3. The van der Waals surface area contributed by atoms with Crippen LogP contribution >= 0.6 is 0 Å². The molecule has 1 fully saturated rings. The lowest BCUT2D eigenvalue weighted by Gasteiger charge is -2.23. The Kier molecular flexibility index (Phi) is 3.88. The summed E-state index contributed by atoms with van der Waals surface area (Å²) in [6.45, 7) is 3.65. The Labute approximate surface area is 190 Å². The maximum atomic E-state index is 14.0. The van der Waals surface area contributed by atoms with Crippen LogP contribution in [-0.4, -0.2) is 17.5 Å². The number of ether oxygens (including phenoxy) is 1. The van der Waals surface area contributed by atoms with E-state index in [1.165, 1.54) is 12.3 Å². The summed E-state index contributed by atoms with van der Waals surface area (Å²) in [6.07, 6.45) is 1.39. The number of rotatable bonds is 4. The zero-order valence-electron chi connectivity index (χ0n) is 18.1. The van der Waals surface area contributed by atoms with E-state index >= 15 is 0 Å². The first-order valence-electron chi connectivity index (χ1n) is 10.8. The number of aryl methyl sites for hydroxylation is 1. The van der Waals surface area contributed by atoms with E-state index in [-0.39, 0.29) is 11.5 Å². The van der Waals surface area contributed by atoms with Gasteiger partial charge in [0.1, 0.15) is 5.75 Å². The summed E-state index contributed by atoms with van der Waals surface area (Å²) in [6, 6.07) is 21.7. The van der Waals surface area contributed by atoms with E-state index in [0.717, 1.165) is 21.9 Å². The number of Topliss-reactive ketones (excluding diaryl/α,β-unsaturated/α-hetero) is 2. The highest BCUT2D eigenvalue weighted by molar-refractivity contribution is 6.25. The molecule has 6 rings (SSSR count). The van der Waals surface area contributed by atoms with Crippen molar-refractivity contribution in [3.8, 4) is 5.75 Å². The van der Waals surface area contributed by atoms with Gasteiger partial charge in [-0.25, -0.2) is 0 Å². The molecule has 3 atom stereocenters. The van der Waals surface area contributed by atoms with Gasteiger partial charge >= 0.3 is 5.97 Å². The lowest BCUT2D eigenvalue weighted by atomic mass is 9.83. The number of furan rings is 1. The fourth-order valence-corrected chi connectivity index (χ4v) is 5.67. The molecule has 0 unspecified atom stereocenters. The van der Waals surface area contributed by atoms with Crippen molar-refractivity contribution in [3.63, 3.8) is 0 Å². The first kappa shape index (κ1) is 19.7. The molecular formula is C28H20O5. The summed E-state index contributed by atoms with van der Waals surface area (Å²) in [7, 11) is 0. The van der Waals surface area contributed by atoms with Crippen LogP contribution < -0.4 is 4.74 Å². The zero-order chi connectivity index (χ0) is 23.0. The monoisotopic (exact) mass is 436 g/mol. The molecular weight excluding hydrogens is 416 g/mol. The van der Waals surface area contributed by atoms with E-state index < -0.39 is 28.5 Å². The molecule has 4 aromatic rings. The molecule has 162 valence electrons. The minimum atomic E-state index is -1.69. The molecule has 3 aromatic carbocycles. The maximum Gasteiger partial charge on any atom is 0.327 e. The van der Waals surface area contributed by atoms with Crippen LogP contribution in [0.4, 0.5) is 0 Å². The van der Waals surface area contributed by atoms with Crippen molar-refractivity contribution in [3.05, 3.63) is 102 Å². The summed E-state index contributed by atoms with van der Waals surface area (Å²) in [5, 5.41) is 1.81. The topological polar surface area (TPSA) is 73.6 Å². The average molecular weight is 436 g/mol. The minimum Gasteiger partial charge on any atom is -0.461 e. The van der Waals surface area contributed by atoms with Crippen LogP contribution in [0, 0.1) is 17.8 Å². The van der Waals surface area contributed by atoms with Gasteiger partial charge in [-0.05, 0) is 35.9 Å². The van der Waals surface area contributed by atoms with Gasteiger partial charge in [0.05, 0.1) is 11.7 Å². The third-order valence-corrected chi connectivity index (χ3v) is 7.38. The summed E-state index contributed by atoms with van der Waals surface area (Å²) in [5.41, 5.74) is -0.820. The molecule has 0 saturated heterocycles. The Morgan fingerprint density at radius 3 is 2.36 bits per heavy atom. The van der Waals surface area contributed by atoms with Gasteiger partial charge < -0.3 is 9.15 Å². The Morgan fingerprint density at radius 2 is 1.64 bits per heavy atom. The van der Waals surface area contributed by atoms with E-state index in [4.69, 9.17) is 9.15 Å². The van der Waals surface area contributed by atoms with Crippen LogP contribution in [0.25, 0.3) is 10.8 Å². The van der Waals surface area contributed by atoms with E-state index in [1.54, 1.807) is 31.2 Å². The molecule has 0 spiro atoms. The third-order valence-electron chi connectivity index (χ3n) is 7.38. The fraction of sp³-hybridized carbons (Fsp3) is 0.179. The Hall–Kier alpha value is -3.99. The molecule has 1 saturated carbocycles. The van der Waals surface area contributed by atoms with Crippen molar-refractivity contribution >= 4 is 28.3 Å². The highest BCUT2D eigenvalue weighted by atomic mass is 16.5. The maximum absolute atomic E-state index is 14.0. The summed E-state index contributed by atoms with van der Waals surface area (Å²) in [4.78, 5) is 41.4. The van der Waals surface area contributed by atoms with Crippen molar-refractivity contribution < 1.29 is 23.5 Å². The van der Waals surface area contributed by atoms with Crippen LogP contribution in [0.3, 0.4) is 0 Å². The van der Waals surface area contributed by atoms with Crippen LogP contribution in [0.5, 0.6) is 5.75 Å². The Balaban J connectivity index is 1.63. The minimum absolute atomic E-state index is 0.0427. The largest absolute Gasteiger partial charge is 0.461 e. The van der Waals surface area contributed by atoms with Crippen LogP contribution in [0.15, 0.2) is 83.5 Å². The van der Waals surface area contributed by atoms with Gasteiger partial charge in [-0.2, -0.15) is 0 Å². The molecule has 1 aliphatic carbocycles. The molecule has 0 amide bonds. The predicted molar refractivity (Wildman–Crippen MR) is 121 cm³/mol. The molecule has 2 heterocycles. The molecule has 1 aromatic heterocycles. The van der Waals surface area contributed by atoms with Gasteiger partial charge in [0, 0.05) is 17.0 Å². The smallest absolute Gasteiger partial charge is 0.327 e. The molecule has 5 nitrogen and oxygen atoms in total. The van der Waals surface area contributed by atoms with Crippen LogP contribution in [0.2, 0.25) is 0 Å². The second kappa shape index (κ2) is 6.51. The standard InChI is InChI=1S/C28H20O5/c1-16-9-11-18(12-10-16)24(29)27(2)23-22-19-7-4-3-6-17(19)13-14-20(22)33-26(31)28(23,27)25(30)21-8-5-15-32-21/h3-15,23H,1-2H3/t23-,27-,28+/m1/s1.